The average Bonchev–Trinajstić information content (AvgIpc) is 2.31. The zero-order valence-electron chi connectivity index (χ0n) is 13.2. The van der Waals surface area contributed by atoms with E-state index in [2.05, 4.69) is 31.9 Å². The van der Waals surface area contributed by atoms with Crippen LogP contribution in [0.25, 0.3) is 0 Å². The minimum absolute atomic E-state index is 0.284. The number of benzene rings is 1. The minimum Gasteiger partial charge on any atom is -0.207 e. The van der Waals surface area contributed by atoms with Crippen molar-refractivity contribution in [2.45, 2.75) is 39.5 Å². The molecule has 0 fully saturated rings. The molecule has 1 rings (SSSR count). The highest BCUT2D eigenvalue weighted by molar-refractivity contribution is 9.11. The molecule has 120 valence electrons. The number of hydrogen-bond acceptors (Lipinski definition) is 2. The molecule has 0 aliphatic carbocycles. The summed E-state index contributed by atoms with van der Waals surface area (Å²) >= 11 is 6.81. The fourth-order valence-electron chi connectivity index (χ4n) is 2.05. The van der Waals surface area contributed by atoms with Crippen molar-refractivity contribution in [1.82, 2.24) is 4.31 Å². The lowest BCUT2D eigenvalue weighted by molar-refractivity contribution is 0.333. The number of halogens is 2. The highest BCUT2D eigenvalue weighted by Crippen LogP contribution is 2.31. The summed E-state index contributed by atoms with van der Waals surface area (Å²) in [5.41, 5.74) is 1.00. The molecule has 0 saturated carbocycles. The Kier molecular flexibility index (Phi) is 6.90. The fourth-order valence-corrected chi connectivity index (χ4v) is 5.46. The number of rotatable bonds is 6. The molecule has 0 unspecified atom stereocenters. The number of sulfonamides is 1. The van der Waals surface area contributed by atoms with Crippen LogP contribution < -0.4 is 0 Å². The molecule has 1 aromatic rings. The van der Waals surface area contributed by atoms with Crippen LogP contribution in [0.1, 0.15) is 33.3 Å². The normalized spacial score (nSPS) is 12.7. The summed E-state index contributed by atoms with van der Waals surface area (Å²) in [5.74, 6) is 0.567. The standard InChI is InChI=1S/C15H23Br2NO2S/c1-10(2)8-18(9-11(3)4)21(19,20)15-7-13(16)12(5)6-14(15)17/h6-7,10-11H,8-9H2,1-5H3. The van der Waals surface area contributed by atoms with Crippen LogP contribution in [0, 0.1) is 18.8 Å². The molecule has 0 heterocycles. The van der Waals surface area contributed by atoms with Gasteiger partial charge < -0.3 is 0 Å². The molecule has 0 radical (unpaired) electrons. The van der Waals surface area contributed by atoms with Crippen molar-refractivity contribution in [2.24, 2.45) is 11.8 Å². The molecule has 0 atom stereocenters. The lowest BCUT2D eigenvalue weighted by atomic mass is 10.2. The number of hydrogen-bond donors (Lipinski definition) is 0. The van der Waals surface area contributed by atoms with Crippen LogP contribution in [-0.4, -0.2) is 25.8 Å². The molecule has 21 heavy (non-hydrogen) atoms. The Hall–Kier alpha value is 0.0900. The van der Waals surface area contributed by atoms with Crippen LogP contribution in [0.3, 0.4) is 0 Å². The maximum Gasteiger partial charge on any atom is 0.244 e. The zero-order valence-corrected chi connectivity index (χ0v) is 17.1. The first kappa shape index (κ1) is 19.1. The van der Waals surface area contributed by atoms with Gasteiger partial charge in [0.05, 0.1) is 4.90 Å². The molecule has 0 bridgehead atoms. The maximum atomic E-state index is 13.0. The quantitative estimate of drug-likeness (QED) is 0.635. The van der Waals surface area contributed by atoms with Gasteiger partial charge in [-0.05, 0) is 52.4 Å². The van der Waals surface area contributed by atoms with Gasteiger partial charge in [-0.25, -0.2) is 8.42 Å². The van der Waals surface area contributed by atoms with Crippen molar-refractivity contribution in [3.05, 3.63) is 26.6 Å². The Morgan fingerprint density at radius 1 is 1.00 bits per heavy atom. The molecule has 0 spiro atoms. The average molecular weight is 441 g/mol. The van der Waals surface area contributed by atoms with Gasteiger partial charge in [-0.15, -0.1) is 0 Å². The van der Waals surface area contributed by atoms with Gasteiger partial charge in [0.25, 0.3) is 0 Å². The summed E-state index contributed by atoms with van der Waals surface area (Å²) in [7, 11) is -3.50. The van der Waals surface area contributed by atoms with Gasteiger partial charge in [0, 0.05) is 22.0 Å². The van der Waals surface area contributed by atoms with E-state index in [0.717, 1.165) is 10.0 Å². The second kappa shape index (κ2) is 7.57. The van der Waals surface area contributed by atoms with Gasteiger partial charge in [-0.2, -0.15) is 4.31 Å². The SMILES string of the molecule is Cc1cc(Br)c(S(=O)(=O)N(CC(C)C)CC(C)C)cc1Br. The highest BCUT2D eigenvalue weighted by atomic mass is 79.9. The second-order valence-electron chi connectivity index (χ2n) is 6.14. The van der Waals surface area contributed by atoms with Crippen LogP contribution in [0.5, 0.6) is 0 Å². The third-order valence-electron chi connectivity index (χ3n) is 2.97. The smallest absolute Gasteiger partial charge is 0.207 e. The van der Waals surface area contributed by atoms with Crippen molar-refractivity contribution in [3.63, 3.8) is 0 Å². The third kappa shape index (κ3) is 5.05. The number of nitrogens with zero attached hydrogens (tertiary/aromatic N) is 1. The van der Waals surface area contributed by atoms with Crippen molar-refractivity contribution in [2.75, 3.05) is 13.1 Å². The first-order valence-corrected chi connectivity index (χ1v) is 10.0. The lowest BCUT2D eigenvalue weighted by Crippen LogP contribution is -2.37. The maximum absolute atomic E-state index is 13.0. The summed E-state index contributed by atoms with van der Waals surface area (Å²) in [6, 6.07) is 3.52. The lowest BCUT2D eigenvalue weighted by Gasteiger charge is -2.26. The van der Waals surface area contributed by atoms with Crippen molar-refractivity contribution < 1.29 is 8.42 Å². The van der Waals surface area contributed by atoms with E-state index in [1.165, 1.54) is 0 Å². The largest absolute Gasteiger partial charge is 0.244 e. The van der Waals surface area contributed by atoms with E-state index >= 15 is 0 Å². The van der Waals surface area contributed by atoms with Crippen LogP contribution >= 0.6 is 31.9 Å². The van der Waals surface area contributed by atoms with Crippen LogP contribution in [-0.2, 0) is 10.0 Å². The predicted molar refractivity (Wildman–Crippen MR) is 95.0 cm³/mol. The molecular weight excluding hydrogens is 418 g/mol. The third-order valence-corrected chi connectivity index (χ3v) is 6.61. The van der Waals surface area contributed by atoms with Crippen molar-refractivity contribution >= 4 is 41.9 Å². The molecule has 0 saturated heterocycles. The Labute approximate surface area is 145 Å². The molecule has 0 amide bonds. The molecule has 0 aliphatic heterocycles. The van der Waals surface area contributed by atoms with Gasteiger partial charge in [-0.3, -0.25) is 0 Å². The zero-order chi connectivity index (χ0) is 16.4. The molecule has 0 N–H and O–H groups in total. The monoisotopic (exact) mass is 439 g/mol. The van der Waals surface area contributed by atoms with Crippen LogP contribution in [0.15, 0.2) is 26.0 Å². The van der Waals surface area contributed by atoms with E-state index in [0.29, 0.717) is 22.5 Å². The van der Waals surface area contributed by atoms with Gasteiger partial charge in [-0.1, -0.05) is 43.6 Å². The van der Waals surface area contributed by atoms with Gasteiger partial charge in [0.1, 0.15) is 0 Å². The van der Waals surface area contributed by atoms with Crippen molar-refractivity contribution in [3.8, 4) is 0 Å². The van der Waals surface area contributed by atoms with E-state index < -0.39 is 10.0 Å². The van der Waals surface area contributed by atoms with Crippen molar-refractivity contribution in [1.29, 1.82) is 0 Å². The summed E-state index contributed by atoms with van der Waals surface area (Å²) in [5, 5.41) is 0. The molecule has 6 heteroatoms. The van der Waals surface area contributed by atoms with E-state index in [1.807, 2.05) is 40.7 Å². The number of aryl methyl sites for hydroxylation is 1. The molecule has 3 nitrogen and oxygen atoms in total. The Bertz CT molecular complexity index is 588. The highest BCUT2D eigenvalue weighted by Gasteiger charge is 2.28. The van der Waals surface area contributed by atoms with E-state index in [9.17, 15) is 8.42 Å². The van der Waals surface area contributed by atoms with E-state index in [1.54, 1.807) is 10.4 Å². The Morgan fingerprint density at radius 2 is 1.48 bits per heavy atom. The predicted octanol–water partition coefficient (Wildman–Crippen LogP) is 4.82. The molecule has 0 aliphatic rings. The molecular formula is C15H23Br2NO2S. The summed E-state index contributed by atoms with van der Waals surface area (Å²) < 4.78 is 28.9. The summed E-state index contributed by atoms with van der Waals surface area (Å²) in [6.07, 6.45) is 0. The summed E-state index contributed by atoms with van der Waals surface area (Å²) in [4.78, 5) is 0.321. The fraction of sp³-hybridized carbons (Fsp3) is 0.600. The molecule has 0 aromatic heterocycles. The van der Waals surface area contributed by atoms with E-state index in [4.69, 9.17) is 0 Å². The Morgan fingerprint density at radius 3 is 1.90 bits per heavy atom. The first-order valence-electron chi connectivity index (χ1n) is 7.01. The van der Waals surface area contributed by atoms with Gasteiger partial charge in [0.15, 0.2) is 0 Å². The first-order chi connectivity index (χ1) is 9.55. The van der Waals surface area contributed by atoms with Crippen LogP contribution in [0.2, 0.25) is 0 Å². The topological polar surface area (TPSA) is 37.4 Å². The summed E-state index contributed by atoms with van der Waals surface area (Å²) in [6.45, 7) is 11.1. The Balaban J connectivity index is 3.31. The second-order valence-corrected chi connectivity index (χ2v) is 9.76. The van der Waals surface area contributed by atoms with Gasteiger partial charge in [0.2, 0.25) is 10.0 Å². The van der Waals surface area contributed by atoms with Gasteiger partial charge >= 0.3 is 0 Å². The minimum atomic E-state index is -3.50. The van der Waals surface area contributed by atoms with Crippen LogP contribution in [0.4, 0.5) is 0 Å². The molecule has 1 aromatic carbocycles. The van der Waals surface area contributed by atoms with E-state index in [-0.39, 0.29) is 11.8 Å².